The summed E-state index contributed by atoms with van der Waals surface area (Å²) < 4.78 is 6.03. The van der Waals surface area contributed by atoms with Crippen molar-refractivity contribution in [2.24, 2.45) is 0 Å². The Morgan fingerprint density at radius 1 is 1.00 bits per heavy atom. The van der Waals surface area contributed by atoms with Crippen molar-refractivity contribution in [3.05, 3.63) is 101 Å². The molecule has 0 unspecified atom stereocenters. The van der Waals surface area contributed by atoms with Crippen molar-refractivity contribution >= 4 is 5.91 Å². The zero-order valence-electron chi connectivity index (χ0n) is 18.5. The summed E-state index contributed by atoms with van der Waals surface area (Å²) in [4.78, 5) is 15.0. The lowest BCUT2D eigenvalue weighted by Crippen LogP contribution is -2.31. The second-order valence-electron chi connectivity index (χ2n) is 8.20. The van der Waals surface area contributed by atoms with Crippen LogP contribution < -0.4 is 4.74 Å². The largest absolute Gasteiger partial charge is 0.507 e. The van der Waals surface area contributed by atoms with E-state index in [9.17, 15) is 15.0 Å². The summed E-state index contributed by atoms with van der Waals surface area (Å²) in [6, 6.07) is 24.1. The van der Waals surface area contributed by atoms with E-state index in [1.165, 1.54) is 0 Å². The van der Waals surface area contributed by atoms with Crippen LogP contribution in [0.3, 0.4) is 0 Å². The molecule has 0 bridgehead atoms. The Labute approximate surface area is 197 Å². The molecule has 7 heteroatoms. The van der Waals surface area contributed by atoms with Crippen LogP contribution in [-0.4, -0.2) is 44.4 Å². The number of hydrogen-bond acceptors (Lipinski definition) is 5. The number of aliphatic hydroxyl groups excluding tert-OH is 1. The van der Waals surface area contributed by atoms with Gasteiger partial charge in [-0.05, 0) is 41.8 Å². The maximum Gasteiger partial charge on any atom is 0.273 e. The molecule has 3 N–H and O–H groups in total. The molecule has 34 heavy (non-hydrogen) atoms. The zero-order chi connectivity index (χ0) is 23.5. The van der Waals surface area contributed by atoms with Crippen molar-refractivity contribution in [2.75, 3.05) is 13.2 Å². The predicted octanol–water partition coefficient (Wildman–Crippen LogP) is 4.29. The summed E-state index contributed by atoms with van der Waals surface area (Å²) in [7, 11) is 0. The van der Waals surface area contributed by atoms with Crippen molar-refractivity contribution in [3.8, 4) is 22.8 Å². The van der Waals surface area contributed by atoms with Crippen LogP contribution in [0.2, 0.25) is 0 Å². The van der Waals surface area contributed by atoms with Gasteiger partial charge in [0.15, 0.2) is 0 Å². The normalized spacial score (nSPS) is 14.9. The highest BCUT2D eigenvalue weighted by Crippen LogP contribution is 2.44. The van der Waals surface area contributed by atoms with Gasteiger partial charge in [0.05, 0.1) is 6.04 Å². The van der Waals surface area contributed by atoms with E-state index in [1.54, 1.807) is 23.1 Å². The fourth-order valence-electron chi connectivity index (χ4n) is 4.41. The number of carbonyl (C=O) groups is 1. The molecule has 7 nitrogen and oxygen atoms in total. The van der Waals surface area contributed by atoms with Gasteiger partial charge in [-0.1, -0.05) is 54.6 Å². The number of phenolic OH excluding ortho intramolecular Hbond substituents is 1. The highest BCUT2D eigenvalue weighted by molar-refractivity contribution is 6.00. The number of carbonyl (C=O) groups excluding carboxylic acids is 1. The molecule has 4 aromatic rings. The number of nitrogens with zero attached hydrogens (tertiary/aromatic N) is 2. The molecule has 0 spiro atoms. The molecule has 1 aliphatic heterocycles. The number of aromatic hydroxyl groups is 1. The smallest absolute Gasteiger partial charge is 0.273 e. The number of aromatic amines is 1. The van der Waals surface area contributed by atoms with Gasteiger partial charge in [0, 0.05) is 24.3 Å². The molecule has 0 fully saturated rings. The van der Waals surface area contributed by atoms with Crippen LogP contribution in [0, 0.1) is 0 Å². The molecule has 1 aromatic heterocycles. The van der Waals surface area contributed by atoms with Crippen LogP contribution in [0.15, 0.2) is 78.9 Å². The summed E-state index contributed by atoms with van der Waals surface area (Å²) >= 11 is 0. The second-order valence-corrected chi connectivity index (χ2v) is 8.20. The van der Waals surface area contributed by atoms with E-state index in [2.05, 4.69) is 10.2 Å². The Hall–Kier alpha value is -4.10. The van der Waals surface area contributed by atoms with E-state index < -0.39 is 6.04 Å². The molecule has 0 radical (unpaired) electrons. The van der Waals surface area contributed by atoms with Crippen LogP contribution in [0.25, 0.3) is 11.3 Å². The Kier molecular flexibility index (Phi) is 6.01. The molecule has 1 atom stereocenters. The average molecular weight is 456 g/mol. The van der Waals surface area contributed by atoms with Crippen molar-refractivity contribution < 1.29 is 19.7 Å². The summed E-state index contributed by atoms with van der Waals surface area (Å²) in [5.74, 6) is 0.604. The number of hydrogen-bond donors (Lipinski definition) is 3. The molecule has 0 saturated heterocycles. The van der Waals surface area contributed by atoms with E-state index in [0.29, 0.717) is 47.8 Å². The van der Waals surface area contributed by atoms with Gasteiger partial charge in [-0.2, -0.15) is 5.10 Å². The lowest BCUT2D eigenvalue weighted by molar-refractivity contribution is 0.0732. The second kappa shape index (κ2) is 9.41. The molecule has 1 amide bonds. The van der Waals surface area contributed by atoms with Crippen molar-refractivity contribution in [1.82, 2.24) is 15.1 Å². The lowest BCUT2D eigenvalue weighted by atomic mass is 9.95. The van der Waals surface area contributed by atoms with E-state index >= 15 is 0 Å². The number of amides is 1. The molecule has 172 valence electrons. The van der Waals surface area contributed by atoms with Gasteiger partial charge in [0.25, 0.3) is 5.91 Å². The first-order chi connectivity index (χ1) is 16.7. The molecule has 1 aliphatic rings. The minimum Gasteiger partial charge on any atom is -0.507 e. The van der Waals surface area contributed by atoms with Gasteiger partial charge < -0.3 is 19.8 Å². The molecule has 0 saturated carbocycles. The number of para-hydroxylation sites is 1. The Morgan fingerprint density at radius 2 is 1.79 bits per heavy atom. The Bertz CT molecular complexity index is 1300. The summed E-state index contributed by atoms with van der Waals surface area (Å²) in [5, 5.41) is 27.2. The highest BCUT2D eigenvalue weighted by Gasteiger charge is 2.42. The van der Waals surface area contributed by atoms with E-state index in [4.69, 9.17) is 4.74 Å². The number of rotatable bonds is 8. The van der Waals surface area contributed by atoms with Gasteiger partial charge >= 0.3 is 0 Å². The average Bonchev–Trinajstić information content (AvgIpc) is 3.41. The summed E-state index contributed by atoms with van der Waals surface area (Å²) in [6.45, 7) is 0.801. The summed E-state index contributed by atoms with van der Waals surface area (Å²) in [5.41, 5.74) is 4.13. The van der Waals surface area contributed by atoms with E-state index in [1.807, 2.05) is 60.7 Å². The third-order valence-corrected chi connectivity index (χ3v) is 6.00. The van der Waals surface area contributed by atoms with Gasteiger partial charge in [0.2, 0.25) is 0 Å². The number of benzene rings is 3. The first-order valence-corrected chi connectivity index (χ1v) is 11.2. The predicted molar refractivity (Wildman–Crippen MR) is 127 cm³/mol. The number of fused-ring (bicyclic) bond motifs is 1. The molecule has 5 rings (SSSR count). The maximum atomic E-state index is 13.3. The topological polar surface area (TPSA) is 98.7 Å². The van der Waals surface area contributed by atoms with Crippen LogP contribution in [0.5, 0.6) is 11.5 Å². The standard InChI is InChI=1S/C27H25N3O4/c31-15-7-14-30-26(19-10-6-11-20(16-19)34-17-18-8-2-1-3-9-18)23-24(28-29-25(23)27(30)33)21-12-4-5-13-22(21)32/h1-6,8-13,16,26,31-32H,7,14-15,17H2,(H,28,29)/t26-/m0/s1. The first kappa shape index (κ1) is 21.7. The van der Waals surface area contributed by atoms with Crippen LogP contribution in [-0.2, 0) is 6.61 Å². The first-order valence-electron chi connectivity index (χ1n) is 11.2. The van der Waals surface area contributed by atoms with Crippen molar-refractivity contribution in [3.63, 3.8) is 0 Å². The monoisotopic (exact) mass is 455 g/mol. The fraction of sp³-hybridized carbons (Fsp3) is 0.185. The quantitative estimate of drug-likeness (QED) is 0.368. The molecular formula is C27H25N3O4. The Balaban J connectivity index is 1.54. The number of ether oxygens (including phenoxy) is 1. The Morgan fingerprint density at radius 3 is 2.59 bits per heavy atom. The van der Waals surface area contributed by atoms with Crippen molar-refractivity contribution in [2.45, 2.75) is 19.1 Å². The van der Waals surface area contributed by atoms with E-state index in [0.717, 1.165) is 11.1 Å². The number of H-pyrrole nitrogens is 1. The van der Waals surface area contributed by atoms with Crippen LogP contribution >= 0.6 is 0 Å². The van der Waals surface area contributed by atoms with E-state index in [-0.39, 0.29) is 18.3 Å². The maximum absolute atomic E-state index is 13.3. The van der Waals surface area contributed by atoms with Crippen LogP contribution in [0.1, 0.15) is 39.6 Å². The molecule has 0 aliphatic carbocycles. The number of aromatic nitrogens is 2. The van der Waals surface area contributed by atoms with Crippen LogP contribution in [0.4, 0.5) is 0 Å². The third-order valence-electron chi connectivity index (χ3n) is 6.00. The zero-order valence-corrected chi connectivity index (χ0v) is 18.5. The lowest BCUT2D eigenvalue weighted by Gasteiger charge is -2.26. The van der Waals surface area contributed by atoms with Gasteiger partial charge in [-0.25, -0.2) is 0 Å². The summed E-state index contributed by atoms with van der Waals surface area (Å²) in [6.07, 6.45) is 0.454. The van der Waals surface area contributed by atoms with Gasteiger partial charge in [0.1, 0.15) is 29.5 Å². The minimum absolute atomic E-state index is 0.0186. The number of nitrogens with one attached hydrogen (secondary N) is 1. The molecule has 2 heterocycles. The molecule has 3 aromatic carbocycles. The van der Waals surface area contributed by atoms with Crippen molar-refractivity contribution in [1.29, 1.82) is 0 Å². The number of aliphatic hydroxyl groups is 1. The SMILES string of the molecule is O=C1c2[nH]nc(-c3ccccc3O)c2[C@H](c2cccc(OCc3ccccc3)c2)N1CCCO. The highest BCUT2D eigenvalue weighted by atomic mass is 16.5. The number of phenols is 1. The fourth-order valence-corrected chi connectivity index (χ4v) is 4.41. The van der Waals surface area contributed by atoms with Gasteiger partial charge in [-0.15, -0.1) is 0 Å². The molecular weight excluding hydrogens is 430 g/mol. The third kappa shape index (κ3) is 4.02. The minimum atomic E-state index is -0.428. The van der Waals surface area contributed by atoms with Gasteiger partial charge in [-0.3, -0.25) is 9.89 Å².